The predicted molar refractivity (Wildman–Crippen MR) is 64.1 cm³/mol. The Morgan fingerprint density at radius 2 is 2.38 bits per heavy atom. The summed E-state index contributed by atoms with van der Waals surface area (Å²) in [5, 5.41) is 7.92. The molecule has 16 heavy (non-hydrogen) atoms. The topological polar surface area (TPSA) is 42.7 Å². The Bertz CT molecular complexity index is 343. The van der Waals surface area contributed by atoms with Gasteiger partial charge >= 0.3 is 0 Å². The maximum atomic E-state index is 4.28. The summed E-state index contributed by atoms with van der Waals surface area (Å²) in [6.07, 6.45) is 6.68. The van der Waals surface area contributed by atoms with Crippen LogP contribution in [0.1, 0.15) is 38.9 Å². The number of aromatic nitrogens is 3. The van der Waals surface area contributed by atoms with E-state index in [2.05, 4.69) is 29.2 Å². The van der Waals surface area contributed by atoms with Crippen molar-refractivity contribution in [2.45, 2.75) is 45.6 Å². The average molecular weight is 222 g/mol. The molecule has 1 aromatic heterocycles. The predicted octanol–water partition coefficient (Wildman–Crippen LogP) is 1.53. The van der Waals surface area contributed by atoms with Gasteiger partial charge in [0.25, 0.3) is 0 Å². The zero-order valence-corrected chi connectivity index (χ0v) is 10.5. The third-order valence-electron chi connectivity index (χ3n) is 3.64. The summed E-state index contributed by atoms with van der Waals surface area (Å²) in [7, 11) is 1.91. The first-order valence-corrected chi connectivity index (χ1v) is 6.16. The number of nitrogens with one attached hydrogen (secondary N) is 1. The molecule has 1 aromatic rings. The minimum atomic E-state index is 0.456. The molecule has 1 aliphatic rings. The Morgan fingerprint density at radius 3 is 2.94 bits per heavy atom. The third kappa shape index (κ3) is 2.61. The normalized spacial score (nSPS) is 23.8. The van der Waals surface area contributed by atoms with Gasteiger partial charge in [-0.05, 0) is 18.3 Å². The van der Waals surface area contributed by atoms with Crippen molar-refractivity contribution in [1.82, 2.24) is 20.1 Å². The second kappa shape index (κ2) is 4.53. The fourth-order valence-electron chi connectivity index (χ4n) is 2.56. The minimum absolute atomic E-state index is 0.456. The van der Waals surface area contributed by atoms with E-state index in [0.717, 1.165) is 18.8 Å². The van der Waals surface area contributed by atoms with Crippen LogP contribution in [0.25, 0.3) is 0 Å². The Kier molecular flexibility index (Phi) is 3.28. The summed E-state index contributed by atoms with van der Waals surface area (Å²) >= 11 is 0. The van der Waals surface area contributed by atoms with Crippen LogP contribution >= 0.6 is 0 Å². The zero-order chi connectivity index (χ0) is 11.6. The highest BCUT2D eigenvalue weighted by molar-refractivity contribution is 4.91. The molecule has 0 aliphatic heterocycles. The van der Waals surface area contributed by atoms with E-state index in [-0.39, 0.29) is 0 Å². The first-order valence-electron chi connectivity index (χ1n) is 6.16. The largest absolute Gasteiger partial charge is 0.313 e. The lowest BCUT2D eigenvalue weighted by Gasteiger charge is -2.27. The van der Waals surface area contributed by atoms with Gasteiger partial charge in [0.1, 0.15) is 6.33 Å². The number of hydrogen-bond donors (Lipinski definition) is 1. The Morgan fingerprint density at radius 1 is 1.56 bits per heavy atom. The smallest absolute Gasteiger partial charge is 0.151 e. The van der Waals surface area contributed by atoms with E-state index in [1.165, 1.54) is 19.3 Å². The fraction of sp³-hybridized carbons (Fsp3) is 0.833. The molecule has 1 heterocycles. The lowest BCUT2D eigenvalue weighted by atomic mass is 9.87. The number of aryl methyl sites for hydroxylation is 1. The Labute approximate surface area is 97.5 Å². The first-order chi connectivity index (χ1) is 7.58. The van der Waals surface area contributed by atoms with E-state index in [1.54, 1.807) is 11.0 Å². The van der Waals surface area contributed by atoms with Crippen LogP contribution in [0, 0.1) is 5.41 Å². The number of hydrogen-bond acceptors (Lipinski definition) is 3. The van der Waals surface area contributed by atoms with Crippen molar-refractivity contribution < 1.29 is 0 Å². The van der Waals surface area contributed by atoms with Crippen molar-refractivity contribution in [1.29, 1.82) is 0 Å². The summed E-state index contributed by atoms with van der Waals surface area (Å²) in [5.74, 6) is 0.936. The minimum Gasteiger partial charge on any atom is -0.313 e. The Hall–Kier alpha value is -0.900. The summed E-state index contributed by atoms with van der Waals surface area (Å²) in [4.78, 5) is 4.23. The van der Waals surface area contributed by atoms with Crippen LogP contribution in [0.3, 0.4) is 0 Å². The van der Waals surface area contributed by atoms with E-state index >= 15 is 0 Å². The van der Waals surface area contributed by atoms with Crippen LogP contribution in [-0.4, -0.2) is 27.4 Å². The second-order valence-corrected chi connectivity index (χ2v) is 5.47. The molecule has 1 atom stereocenters. The lowest BCUT2D eigenvalue weighted by Crippen LogP contribution is -2.38. The molecule has 0 radical (unpaired) electrons. The molecule has 0 aromatic carbocycles. The molecule has 1 fully saturated rings. The van der Waals surface area contributed by atoms with Gasteiger partial charge in [0.05, 0.1) is 0 Å². The van der Waals surface area contributed by atoms with Crippen molar-refractivity contribution in [2.75, 3.05) is 6.54 Å². The standard InChI is InChI=1S/C12H22N4/c1-12(2)7-4-5-10(12)13-8-6-11-14-9-16(3)15-11/h9-10,13H,4-8H2,1-3H3. The van der Waals surface area contributed by atoms with E-state index in [1.807, 2.05) is 7.05 Å². The quantitative estimate of drug-likeness (QED) is 0.840. The summed E-state index contributed by atoms with van der Waals surface area (Å²) in [5.41, 5.74) is 0.456. The zero-order valence-electron chi connectivity index (χ0n) is 10.5. The van der Waals surface area contributed by atoms with E-state index in [0.29, 0.717) is 11.5 Å². The molecule has 0 bridgehead atoms. The lowest BCUT2D eigenvalue weighted by molar-refractivity contribution is 0.285. The highest BCUT2D eigenvalue weighted by Gasteiger charge is 2.33. The summed E-state index contributed by atoms with van der Waals surface area (Å²) < 4.78 is 1.76. The fourth-order valence-corrected chi connectivity index (χ4v) is 2.56. The van der Waals surface area contributed by atoms with Crippen LogP contribution < -0.4 is 5.32 Å². The van der Waals surface area contributed by atoms with Crippen molar-refractivity contribution in [3.05, 3.63) is 12.2 Å². The molecule has 1 unspecified atom stereocenters. The second-order valence-electron chi connectivity index (χ2n) is 5.47. The molecule has 90 valence electrons. The van der Waals surface area contributed by atoms with Gasteiger partial charge in [-0.2, -0.15) is 5.10 Å². The summed E-state index contributed by atoms with van der Waals surface area (Å²) in [6.45, 7) is 5.70. The molecule has 0 amide bonds. The maximum Gasteiger partial charge on any atom is 0.151 e. The van der Waals surface area contributed by atoms with Gasteiger partial charge in [0.15, 0.2) is 5.82 Å². The molecular formula is C12H22N4. The molecule has 4 nitrogen and oxygen atoms in total. The average Bonchev–Trinajstić information content (AvgIpc) is 2.74. The van der Waals surface area contributed by atoms with Gasteiger partial charge < -0.3 is 5.32 Å². The third-order valence-corrected chi connectivity index (χ3v) is 3.64. The van der Waals surface area contributed by atoms with Gasteiger partial charge in [-0.1, -0.05) is 20.3 Å². The highest BCUT2D eigenvalue weighted by Crippen LogP contribution is 2.36. The molecular weight excluding hydrogens is 200 g/mol. The van der Waals surface area contributed by atoms with Gasteiger partial charge in [-0.15, -0.1) is 0 Å². The maximum absolute atomic E-state index is 4.28. The molecule has 0 spiro atoms. The molecule has 2 rings (SSSR count). The molecule has 1 saturated carbocycles. The van der Waals surface area contributed by atoms with Crippen LogP contribution in [0.2, 0.25) is 0 Å². The molecule has 4 heteroatoms. The van der Waals surface area contributed by atoms with Crippen LogP contribution in [0.15, 0.2) is 6.33 Å². The van der Waals surface area contributed by atoms with Gasteiger partial charge in [-0.25, -0.2) is 4.98 Å². The van der Waals surface area contributed by atoms with Crippen LogP contribution in [0.4, 0.5) is 0 Å². The monoisotopic (exact) mass is 222 g/mol. The summed E-state index contributed by atoms with van der Waals surface area (Å²) in [6, 6.07) is 0.663. The van der Waals surface area contributed by atoms with E-state index in [9.17, 15) is 0 Å². The number of rotatable bonds is 4. The highest BCUT2D eigenvalue weighted by atomic mass is 15.3. The first kappa shape index (κ1) is 11.6. The van der Waals surface area contributed by atoms with Crippen molar-refractivity contribution >= 4 is 0 Å². The van der Waals surface area contributed by atoms with Gasteiger partial charge in [0, 0.05) is 26.1 Å². The SMILES string of the molecule is Cn1cnc(CCNC2CCCC2(C)C)n1. The molecule has 0 saturated heterocycles. The van der Waals surface area contributed by atoms with Gasteiger partial charge in [0.2, 0.25) is 0 Å². The van der Waals surface area contributed by atoms with Crippen LogP contribution in [-0.2, 0) is 13.5 Å². The molecule has 1 aliphatic carbocycles. The Balaban J connectivity index is 1.76. The van der Waals surface area contributed by atoms with Crippen molar-refractivity contribution in [2.24, 2.45) is 12.5 Å². The van der Waals surface area contributed by atoms with Crippen molar-refractivity contribution in [3.8, 4) is 0 Å². The van der Waals surface area contributed by atoms with Crippen LogP contribution in [0.5, 0.6) is 0 Å². The van der Waals surface area contributed by atoms with Crippen molar-refractivity contribution in [3.63, 3.8) is 0 Å². The van der Waals surface area contributed by atoms with E-state index < -0.39 is 0 Å². The van der Waals surface area contributed by atoms with E-state index in [4.69, 9.17) is 0 Å². The number of nitrogens with zero attached hydrogens (tertiary/aromatic N) is 3. The molecule has 1 N–H and O–H groups in total. The van der Waals surface area contributed by atoms with Gasteiger partial charge in [-0.3, -0.25) is 4.68 Å².